The summed E-state index contributed by atoms with van der Waals surface area (Å²) in [5.41, 5.74) is 8.04. The molecule has 21 heavy (non-hydrogen) atoms. The number of amides is 1. The fourth-order valence-corrected chi connectivity index (χ4v) is 2.96. The summed E-state index contributed by atoms with van der Waals surface area (Å²) in [6.45, 7) is 7.53. The summed E-state index contributed by atoms with van der Waals surface area (Å²) < 4.78 is 0. The van der Waals surface area contributed by atoms with Crippen molar-refractivity contribution in [3.63, 3.8) is 0 Å². The Labute approximate surface area is 127 Å². The molecule has 3 heteroatoms. The van der Waals surface area contributed by atoms with Crippen molar-refractivity contribution in [2.45, 2.75) is 39.7 Å². The van der Waals surface area contributed by atoms with Gasteiger partial charge in [-0.1, -0.05) is 24.8 Å². The van der Waals surface area contributed by atoms with Crippen LogP contribution in [0.15, 0.2) is 18.2 Å². The Morgan fingerprint density at radius 2 is 2.19 bits per heavy atom. The average molecular weight is 284 g/mol. The summed E-state index contributed by atoms with van der Waals surface area (Å²) in [5, 5.41) is 0. The molecule has 1 aromatic rings. The van der Waals surface area contributed by atoms with Crippen molar-refractivity contribution < 1.29 is 4.79 Å². The molecule has 1 saturated heterocycles. The SMILES string of the molecule is Cc1ccc(C(=O)N2CCC(C)CC2C)c(C#CCN)c1. The van der Waals surface area contributed by atoms with Crippen LogP contribution < -0.4 is 5.73 Å². The molecule has 0 aromatic heterocycles. The third-order valence-corrected chi connectivity index (χ3v) is 4.13. The Morgan fingerprint density at radius 1 is 1.43 bits per heavy atom. The Morgan fingerprint density at radius 3 is 2.86 bits per heavy atom. The standard InChI is InChI=1S/C18H24N2O/c1-13-6-7-17(16(12-13)5-4-9-19)18(21)20-10-8-14(2)11-15(20)3/h6-7,12,14-15H,8-11,19H2,1-3H3. The monoisotopic (exact) mass is 284 g/mol. The number of piperidine rings is 1. The fraction of sp³-hybridized carbons (Fsp3) is 0.500. The van der Waals surface area contributed by atoms with Crippen LogP contribution >= 0.6 is 0 Å². The van der Waals surface area contributed by atoms with E-state index in [9.17, 15) is 4.79 Å². The average Bonchev–Trinajstić information content (AvgIpc) is 2.44. The first-order valence-corrected chi connectivity index (χ1v) is 7.63. The van der Waals surface area contributed by atoms with Crippen molar-refractivity contribution in [2.24, 2.45) is 11.7 Å². The van der Waals surface area contributed by atoms with Gasteiger partial charge in [0.25, 0.3) is 5.91 Å². The lowest BCUT2D eigenvalue weighted by Crippen LogP contribution is -2.44. The number of likely N-dealkylation sites (tertiary alicyclic amines) is 1. The summed E-state index contributed by atoms with van der Waals surface area (Å²) in [4.78, 5) is 14.8. The van der Waals surface area contributed by atoms with Crippen molar-refractivity contribution in [1.82, 2.24) is 4.90 Å². The molecule has 2 N–H and O–H groups in total. The van der Waals surface area contributed by atoms with Crippen LogP contribution in [0.1, 0.15) is 48.2 Å². The van der Waals surface area contributed by atoms with Gasteiger partial charge in [0.15, 0.2) is 0 Å². The summed E-state index contributed by atoms with van der Waals surface area (Å²) in [6, 6.07) is 6.12. The molecule has 0 bridgehead atoms. The van der Waals surface area contributed by atoms with E-state index in [2.05, 4.69) is 25.7 Å². The number of hydrogen-bond acceptors (Lipinski definition) is 2. The molecule has 0 spiro atoms. The van der Waals surface area contributed by atoms with Crippen LogP contribution in [0.5, 0.6) is 0 Å². The van der Waals surface area contributed by atoms with E-state index in [1.54, 1.807) is 0 Å². The van der Waals surface area contributed by atoms with Crippen molar-refractivity contribution in [3.05, 3.63) is 34.9 Å². The third kappa shape index (κ3) is 3.65. The van der Waals surface area contributed by atoms with Crippen LogP contribution in [0.25, 0.3) is 0 Å². The Kier molecular flexibility index (Phi) is 5.03. The zero-order valence-electron chi connectivity index (χ0n) is 13.1. The minimum Gasteiger partial charge on any atom is -0.336 e. The van der Waals surface area contributed by atoms with Crippen molar-refractivity contribution in [3.8, 4) is 11.8 Å². The van der Waals surface area contributed by atoms with Crippen LogP contribution in [0.2, 0.25) is 0 Å². The zero-order chi connectivity index (χ0) is 15.4. The van der Waals surface area contributed by atoms with Crippen LogP contribution in [-0.4, -0.2) is 29.9 Å². The molecule has 1 heterocycles. The topological polar surface area (TPSA) is 46.3 Å². The van der Waals surface area contributed by atoms with Gasteiger partial charge in [-0.15, -0.1) is 0 Å². The molecule has 1 amide bonds. The van der Waals surface area contributed by atoms with Crippen LogP contribution in [0.3, 0.4) is 0 Å². The maximum absolute atomic E-state index is 12.8. The maximum Gasteiger partial charge on any atom is 0.255 e. The Balaban J connectivity index is 2.30. The van der Waals surface area contributed by atoms with Crippen molar-refractivity contribution in [1.29, 1.82) is 0 Å². The first kappa shape index (κ1) is 15.6. The molecule has 1 aliphatic heterocycles. The molecule has 1 fully saturated rings. The molecule has 0 saturated carbocycles. The van der Waals surface area contributed by atoms with Gasteiger partial charge in [0.1, 0.15) is 0 Å². The summed E-state index contributed by atoms with van der Waals surface area (Å²) in [7, 11) is 0. The predicted octanol–water partition coefficient (Wildman–Crippen LogP) is 2.57. The maximum atomic E-state index is 12.8. The number of hydrogen-bond donors (Lipinski definition) is 1. The lowest BCUT2D eigenvalue weighted by molar-refractivity contribution is 0.0588. The van der Waals surface area contributed by atoms with Gasteiger partial charge < -0.3 is 10.6 Å². The molecule has 2 rings (SSSR count). The van der Waals surface area contributed by atoms with Gasteiger partial charge >= 0.3 is 0 Å². The van der Waals surface area contributed by atoms with Gasteiger partial charge in [0.05, 0.1) is 12.1 Å². The third-order valence-electron chi connectivity index (χ3n) is 4.13. The molecule has 112 valence electrons. The van der Waals surface area contributed by atoms with Crippen molar-refractivity contribution >= 4 is 5.91 Å². The largest absolute Gasteiger partial charge is 0.336 e. The lowest BCUT2D eigenvalue weighted by Gasteiger charge is -2.36. The Bertz CT molecular complexity index is 583. The number of aryl methyl sites for hydroxylation is 1. The van der Waals surface area contributed by atoms with Crippen molar-refractivity contribution in [2.75, 3.05) is 13.1 Å². The first-order chi connectivity index (χ1) is 10.0. The second-order valence-corrected chi connectivity index (χ2v) is 6.03. The number of benzene rings is 1. The highest BCUT2D eigenvalue weighted by atomic mass is 16.2. The number of rotatable bonds is 1. The lowest BCUT2D eigenvalue weighted by atomic mass is 9.92. The molecule has 3 nitrogen and oxygen atoms in total. The van der Waals surface area contributed by atoms with Gasteiger partial charge in [0, 0.05) is 18.2 Å². The quantitative estimate of drug-likeness (QED) is 0.806. The minimum atomic E-state index is 0.0933. The molecule has 2 unspecified atom stereocenters. The second-order valence-electron chi connectivity index (χ2n) is 6.03. The number of carbonyl (C=O) groups is 1. The van der Waals surface area contributed by atoms with E-state index in [4.69, 9.17) is 5.73 Å². The van der Waals surface area contributed by atoms with Gasteiger partial charge in [0.2, 0.25) is 0 Å². The van der Waals surface area contributed by atoms with Gasteiger partial charge in [-0.3, -0.25) is 4.79 Å². The first-order valence-electron chi connectivity index (χ1n) is 7.63. The number of carbonyl (C=O) groups excluding carboxylic acids is 1. The fourth-order valence-electron chi connectivity index (χ4n) is 2.96. The smallest absolute Gasteiger partial charge is 0.255 e. The van der Waals surface area contributed by atoms with Gasteiger partial charge in [-0.05, 0) is 50.3 Å². The molecular formula is C18H24N2O. The van der Waals surface area contributed by atoms with E-state index >= 15 is 0 Å². The summed E-state index contributed by atoms with van der Waals surface area (Å²) >= 11 is 0. The highest BCUT2D eigenvalue weighted by Gasteiger charge is 2.28. The molecule has 2 atom stereocenters. The summed E-state index contributed by atoms with van der Waals surface area (Å²) in [6.07, 6.45) is 2.15. The van der Waals surface area contributed by atoms with Crippen LogP contribution in [0.4, 0.5) is 0 Å². The van der Waals surface area contributed by atoms with E-state index < -0.39 is 0 Å². The normalized spacial score (nSPS) is 21.6. The molecule has 0 radical (unpaired) electrons. The van der Waals surface area contributed by atoms with Crippen LogP contribution in [-0.2, 0) is 0 Å². The number of nitrogens with zero attached hydrogens (tertiary/aromatic N) is 1. The highest BCUT2D eigenvalue weighted by molar-refractivity contribution is 5.97. The van der Waals surface area contributed by atoms with E-state index in [1.165, 1.54) is 0 Å². The van der Waals surface area contributed by atoms with E-state index in [0.717, 1.165) is 30.5 Å². The van der Waals surface area contributed by atoms with Gasteiger partial charge in [-0.2, -0.15) is 0 Å². The second kappa shape index (κ2) is 6.78. The molecule has 1 aliphatic rings. The van der Waals surface area contributed by atoms with E-state index in [0.29, 0.717) is 18.0 Å². The summed E-state index contributed by atoms with van der Waals surface area (Å²) in [5.74, 6) is 6.68. The minimum absolute atomic E-state index is 0.0933. The number of nitrogens with two attached hydrogens (primary N) is 1. The molecule has 1 aromatic carbocycles. The van der Waals surface area contributed by atoms with Crippen LogP contribution in [0, 0.1) is 24.7 Å². The molecule has 0 aliphatic carbocycles. The van der Waals surface area contributed by atoms with Gasteiger partial charge in [-0.25, -0.2) is 0 Å². The van der Waals surface area contributed by atoms with E-state index in [-0.39, 0.29) is 11.9 Å². The highest BCUT2D eigenvalue weighted by Crippen LogP contribution is 2.24. The molecular weight excluding hydrogens is 260 g/mol. The van der Waals surface area contributed by atoms with E-state index in [1.807, 2.05) is 30.0 Å². The zero-order valence-corrected chi connectivity index (χ0v) is 13.1. The predicted molar refractivity (Wildman–Crippen MR) is 86.0 cm³/mol. The Hall–Kier alpha value is -1.79.